The maximum atomic E-state index is 12.4. The van der Waals surface area contributed by atoms with Crippen molar-refractivity contribution in [2.75, 3.05) is 7.11 Å². The maximum Gasteiger partial charge on any atom is 0.216 e. The monoisotopic (exact) mass is 145 g/mol. The lowest BCUT2D eigenvalue weighted by Gasteiger charge is -1.98. The molecule has 0 aliphatic carbocycles. The van der Waals surface area contributed by atoms with Crippen LogP contribution in [0, 0.1) is 11.8 Å². The van der Waals surface area contributed by atoms with E-state index >= 15 is 0 Å². The minimum atomic E-state index is -0.849. The average molecular weight is 145 g/mol. The summed E-state index contributed by atoms with van der Waals surface area (Å²) >= 11 is 0. The molecule has 0 bridgehead atoms. The number of aromatic nitrogens is 1. The highest BCUT2D eigenvalue weighted by atomic mass is 19.1. The highest BCUT2D eigenvalue weighted by molar-refractivity contribution is 5.18. The third kappa shape index (κ3) is 1.21. The van der Waals surface area contributed by atoms with Crippen molar-refractivity contribution >= 4 is 0 Å². The lowest BCUT2D eigenvalue weighted by Crippen LogP contribution is -1.91. The van der Waals surface area contributed by atoms with E-state index in [1.54, 1.807) is 0 Å². The molecule has 0 fully saturated rings. The van der Waals surface area contributed by atoms with Crippen molar-refractivity contribution < 1.29 is 13.5 Å². The van der Waals surface area contributed by atoms with Crippen molar-refractivity contribution in [1.29, 1.82) is 0 Å². The summed E-state index contributed by atoms with van der Waals surface area (Å²) in [6.45, 7) is 0. The predicted molar refractivity (Wildman–Crippen MR) is 30.7 cm³/mol. The van der Waals surface area contributed by atoms with E-state index in [4.69, 9.17) is 0 Å². The zero-order valence-electron chi connectivity index (χ0n) is 5.27. The van der Waals surface area contributed by atoms with Gasteiger partial charge in [0.15, 0.2) is 11.6 Å². The molecule has 2 nitrogen and oxygen atoms in total. The van der Waals surface area contributed by atoms with Crippen LogP contribution in [0.15, 0.2) is 12.3 Å². The minimum absolute atomic E-state index is 0.0543. The van der Waals surface area contributed by atoms with Gasteiger partial charge in [-0.05, 0) is 0 Å². The molecule has 0 aliphatic rings. The van der Waals surface area contributed by atoms with Gasteiger partial charge in [0.2, 0.25) is 5.95 Å². The van der Waals surface area contributed by atoms with Crippen LogP contribution in [0.4, 0.5) is 8.78 Å². The second-order valence-corrected chi connectivity index (χ2v) is 1.64. The summed E-state index contributed by atoms with van der Waals surface area (Å²) in [6, 6.07) is 0.666. The topological polar surface area (TPSA) is 22.1 Å². The predicted octanol–water partition coefficient (Wildman–Crippen LogP) is 1.37. The Balaban J connectivity index is 3.07. The molecule has 0 aromatic carbocycles. The second kappa shape index (κ2) is 2.60. The molecule has 10 heavy (non-hydrogen) atoms. The summed E-state index contributed by atoms with van der Waals surface area (Å²) in [5.74, 6) is -1.64. The standard InChI is InChI=1S/C6H5F2NO/c1-10-5-3-9-6(8)2-4(5)7/h2-3H,1H3. The molecular weight excluding hydrogens is 140 g/mol. The Labute approximate surface area is 56.5 Å². The van der Waals surface area contributed by atoms with E-state index in [0.717, 1.165) is 6.20 Å². The first-order valence-electron chi connectivity index (χ1n) is 2.59. The lowest BCUT2D eigenvalue weighted by molar-refractivity contribution is 0.379. The first-order valence-corrected chi connectivity index (χ1v) is 2.59. The zero-order valence-corrected chi connectivity index (χ0v) is 5.27. The lowest BCUT2D eigenvalue weighted by atomic mass is 10.4. The van der Waals surface area contributed by atoms with Crippen molar-refractivity contribution in [3.63, 3.8) is 0 Å². The van der Waals surface area contributed by atoms with E-state index < -0.39 is 11.8 Å². The van der Waals surface area contributed by atoms with Crippen LogP contribution in [0.25, 0.3) is 0 Å². The van der Waals surface area contributed by atoms with Gasteiger partial charge in [0, 0.05) is 6.07 Å². The highest BCUT2D eigenvalue weighted by Gasteiger charge is 2.02. The van der Waals surface area contributed by atoms with Gasteiger partial charge in [-0.3, -0.25) is 0 Å². The Bertz CT molecular complexity index is 239. The third-order valence-electron chi connectivity index (χ3n) is 1.01. The Hall–Kier alpha value is -1.19. The summed E-state index contributed by atoms with van der Waals surface area (Å²) in [5.41, 5.74) is 0. The normalized spacial score (nSPS) is 9.50. The van der Waals surface area contributed by atoms with Crippen LogP contribution < -0.4 is 4.74 Å². The minimum Gasteiger partial charge on any atom is -0.492 e. The van der Waals surface area contributed by atoms with Gasteiger partial charge >= 0.3 is 0 Å². The average Bonchev–Trinajstić information content (AvgIpc) is 1.88. The molecule has 0 aliphatic heterocycles. The van der Waals surface area contributed by atoms with Crippen molar-refractivity contribution in [3.05, 3.63) is 24.0 Å². The summed E-state index contributed by atoms with van der Waals surface area (Å²) in [5, 5.41) is 0. The molecule has 0 unspecified atom stereocenters. The second-order valence-electron chi connectivity index (χ2n) is 1.64. The number of ether oxygens (including phenoxy) is 1. The molecule has 1 aromatic rings. The number of hydrogen-bond acceptors (Lipinski definition) is 2. The van der Waals surface area contributed by atoms with Crippen molar-refractivity contribution in [2.24, 2.45) is 0 Å². The molecule has 1 aromatic heterocycles. The maximum absolute atomic E-state index is 12.4. The first kappa shape index (κ1) is 6.92. The molecule has 0 saturated heterocycles. The number of methoxy groups -OCH3 is 1. The molecular formula is C6H5F2NO. The Morgan fingerprint density at radius 3 is 2.70 bits per heavy atom. The fraction of sp³-hybridized carbons (Fsp3) is 0.167. The molecule has 1 rings (SSSR count). The van der Waals surface area contributed by atoms with E-state index in [9.17, 15) is 8.78 Å². The highest BCUT2D eigenvalue weighted by Crippen LogP contribution is 2.13. The van der Waals surface area contributed by atoms with Crippen molar-refractivity contribution in [1.82, 2.24) is 4.98 Å². The van der Waals surface area contributed by atoms with Gasteiger partial charge in [-0.15, -0.1) is 0 Å². The van der Waals surface area contributed by atoms with Crippen LogP contribution in [0.2, 0.25) is 0 Å². The van der Waals surface area contributed by atoms with Gasteiger partial charge in [-0.2, -0.15) is 4.39 Å². The van der Waals surface area contributed by atoms with Crippen LogP contribution in [0.3, 0.4) is 0 Å². The van der Waals surface area contributed by atoms with Crippen LogP contribution in [0.5, 0.6) is 5.75 Å². The molecule has 0 amide bonds. The molecule has 0 saturated carbocycles. The van der Waals surface area contributed by atoms with E-state index in [0.29, 0.717) is 6.07 Å². The van der Waals surface area contributed by atoms with Gasteiger partial charge in [0.1, 0.15) is 0 Å². The van der Waals surface area contributed by atoms with E-state index in [-0.39, 0.29) is 5.75 Å². The SMILES string of the molecule is COc1cnc(F)cc1F. The Morgan fingerprint density at radius 2 is 2.20 bits per heavy atom. The van der Waals surface area contributed by atoms with Gasteiger partial charge in [0.25, 0.3) is 0 Å². The Kier molecular flexibility index (Phi) is 1.80. The summed E-state index contributed by atoms with van der Waals surface area (Å²) in [7, 11) is 1.29. The first-order chi connectivity index (χ1) is 4.74. The van der Waals surface area contributed by atoms with Gasteiger partial charge in [-0.1, -0.05) is 0 Å². The fourth-order valence-electron chi connectivity index (χ4n) is 0.545. The Morgan fingerprint density at radius 1 is 1.50 bits per heavy atom. The number of hydrogen-bond donors (Lipinski definition) is 0. The van der Waals surface area contributed by atoms with E-state index in [1.807, 2.05) is 0 Å². The molecule has 4 heteroatoms. The van der Waals surface area contributed by atoms with Crippen molar-refractivity contribution in [2.45, 2.75) is 0 Å². The van der Waals surface area contributed by atoms with Crippen LogP contribution >= 0.6 is 0 Å². The summed E-state index contributed by atoms with van der Waals surface area (Å²) < 4.78 is 29.0. The quantitative estimate of drug-likeness (QED) is 0.557. The third-order valence-corrected chi connectivity index (χ3v) is 1.01. The summed E-state index contributed by atoms with van der Waals surface area (Å²) in [4.78, 5) is 3.18. The van der Waals surface area contributed by atoms with Gasteiger partial charge in [-0.25, -0.2) is 9.37 Å². The van der Waals surface area contributed by atoms with Crippen molar-refractivity contribution in [3.8, 4) is 5.75 Å². The number of nitrogens with zero attached hydrogens (tertiary/aromatic N) is 1. The largest absolute Gasteiger partial charge is 0.492 e. The van der Waals surface area contributed by atoms with E-state index in [1.165, 1.54) is 7.11 Å². The molecule has 0 spiro atoms. The zero-order chi connectivity index (χ0) is 7.56. The fourth-order valence-corrected chi connectivity index (χ4v) is 0.545. The molecule has 54 valence electrons. The number of pyridine rings is 1. The van der Waals surface area contributed by atoms with Crippen LogP contribution in [-0.2, 0) is 0 Å². The number of rotatable bonds is 1. The molecule has 0 atom stereocenters. The molecule has 0 N–H and O–H groups in total. The van der Waals surface area contributed by atoms with Crippen LogP contribution in [0.1, 0.15) is 0 Å². The van der Waals surface area contributed by atoms with Gasteiger partial charge in [0.05, 0.1) is 13.3 Å². The summed E-state index contributed by atoms with van der Waals surface area (Å²) in [6.07, 6.45) is 0.991. The van der Waals surface area contributed by atoms with Gasteiger partial charge < -0.3 is 4.74 Å². The molecule has 1 heterocycles. The van der Waals surface area contributed by atoms with Crippen LogP contribution in [-0.4, -0.2) is 12.1 Å². The van der Waals surface area contributed by atoms with E-state index in [2.05, 4.69) is 9.72 Å². The number of halogens is 2. The smallest absolute Gasteiger partial charge is 0.216 e. The molecule has 0 radical (unpaired) electrons.